The van der Waals surface area contributed by atoms with Crippen LogP contribution < -0.4 is 11.6 Å². The van der Waals surface area contributed by atoms with Crippen molar-refractivity contribution in [3.8, 4) is 0 Å². The highest BCUT2D eigenvalue weighted by molar-refractivity contribution is 5.66. The number of hydrazine groups is 1. The summed E-state index contributed by atoms with van der Waals surface area (Å²) in [6.45, 7) is 3.29. The average molecular weight is 507 g/mol. The highest BCUT2D eigenvalue weighted by atomic mass is 19.2. The van der Waals surface area contributed by atoms with Crippen LogP contribution in [0.3, 0.4) is 0 Å². The maximum Gasteiger partial charge on any atom is 0.302 e. The summed E-state index contributed by atoms with van der Waals surface area (Å²) in [7, 11) is 1.22. The Labute approximate surface area is 199 Å². The van der Waals surface area contributed by atoms with Gasteiger partial charge in [0.2, 0.25) is 0 Å². The smallest absolute Gasteiger partial charge is 0.302 e. The standard InChI is InChI=1S/C21H28F3N3O8/c1-11(34-13(3)30)19(9-32-12(2)29)35-21(31-4)18(33-10-28)8-27(26)7-17(25)14-5-15(22)20(24)16(23)6-14/h5-7,10-11,18-19,21H,8-9,25-26H2,1-4H3/b17-7-. The molecule has 0 aliphatic carbocycles. The maximum atomic E-state index is 13.5. The van der Waals surface area contributed by atoms with E-state index in [9.17, 15) is 27.6 Å². The van der Waals surface area contributed by atoms with Gasteiger partial charge in [-0.25, -0.2) is 19.0 Å². The van der Waals surface area contributed by atoms with E-state index in [4.69, 9.17) is 35.3 Å². The van der Waals surface area contributed by atoms with Crippen molar-refractivity contribution in [2.24, 2.45) is 11.6 Å². The van der Waals surface area contributed by atoms with Crippen LogP contribution in [0.5, 0.6) is 0 Å². The molecule has 0 heterocycles. The molecule has 4 unspecified atom stereocenters. The van der Waals surface area contributed by atoms with Gasteiger partial charge in [0.05, 0.1) is 12.2 Å². The molecule has 4 atom stereocenters. The van der Waals surface area contributed by atoms with Crippen molar-refractivity contribution in [3.05, 3.63) is 41.3 Å². The zero-order chi connectivity index (χ0) is 26.7. The van der Waals surface area contributed by atoms with E-state index in [0.29, 0.717) is 12.1 Å². The van der Waals surface area contributed by atoms with Crippen LogP contribution in [0.2, 0.25) is 0 Å². The minimum atomic E-state index is -1.66. The summed E-state index contributed by atoms with van der Waals surface area (Å²) >= 11 is 0. The van der Waals surface area contributed by atoms with Crippen LogP contribution in [0.25, 0.3) is 5.70 Å². The second-order valence-electron chi connectivity index (χ2n) is 7.20. The predicted molar refractivity (Wildman–Crippen MR) is 114 cm³/mol. The Morgan fingerprint density at radius 1 is 1.11 bits per heavy atom. The fraction of sp³-hybridized carbons (Fsp3) is 0.476. The lowest BCUT2D eigenvalue weighted by Crippen LogP contribution is -2.48. The number of nitrogens with two attached hydrogens (primary N) is 2. The number of carbonyl (C=O) groups is 3. The van der Waals surface area contributed by atoms with Crippen molar-refractivity contribution < 1.29 is 51.2 Å². The predicted octanol–water partition coefficient (Wildman–Crippen LogP) is 0.951. The maximum absolute atomic E-state index is 13.5. The first-order valence-electron chi connectivity index (χ1n) is 10.1. The first kappa shape index (κ1) is 29.7. The Balaban J connectivity index is 3.05. The van der Waals surface area contributed by atoms with Crippen LogP contribution in [0, 0.1) is 17.5 Å². The molecule has 0 amide bonds. The topological polar surface area (TPSA) is 153 Å². The van der Waals surface area contributed by atoms with Crippen LogP contribution in [-0.2, 0) is 38.1 Å². The van der Waals surface area contributed by atoms with Gasteiger partial charge in [-0.3, -0.25) is 14.4 Å². The number of esters is 2. The zero-order valence-corrected chi connectivity index (χ0v) is 19.5. The lowest BCUT2D eigenvalue weighted by atomic mass is 10.1. The Morgan fingerprint density at radius 2 is 1.71 bits per heavy atom. The van der Waals surface area contributed by atoms with Gasteiger partial charge in [-0.15, -0.1) is 0 Å². The molecular formula is C21H28F3N3O8. The fourth-order valence-electron chi connectivity index (χ4n) is 2.79. The molecule has 1 rings (SSSR count). The van der Waals surface area contributed by atoms with Crippen LogP contribution in [0.1, 0.15) is 26.3 Å². The second kappa shape index (κ2) is 14.1. The summed E-state index contributed by atoms with van der Waals surface area (Å²) in [5, 5.41) is 0.911. The highest BCUT2D eigenvalue weighted by Gasteiger charge is 2.32. The van der Waals surface area contributed by atoms with Gasteiger partial charge in [0.1, 0.15) is 18.8 Å². The molecule has 1 aromatic rings. The lowest BCUT2D eigenvalue weighted by molar-refractivity contribution is -0.235. The molecule has 0 aromatic heterocycles. The third-order valence-corrected chi connectivity index (χ3v) is 4.41. The molecular weight excluding hydrogens is 479 g/mol. The van der Waals surface area contributed by atoms with E-state index in [1.807, 2.05) is 0 Å². The number of nitrogens with zero attached hydrogens (tertiary/aromatic N) is 1. The normalized spacial score (nSPS) is 14.9. The second-order valence-corrected chi connectivity index (χ2v) is 7.20. The summed E-state index contributed by atoms with van der Waals surface area (Å²) in [5.74, 6) is 0.0745. The third kappa shape index (κ3) is 9.80. The van der Waals surface area contributed by atoms with Crippen molar-refractivity contribution in [3.63, 3.8) is 0 Å². The van der Waals surface area contributed by atoms with Crippen molar-refractivity contribution >= 4 is 24.1 Å². The number of benzene rings is 1. The summed E-state index contributed by atoms with van der Waals surface area (Å²) in [5.41, 5.74) is 5.36. The molecule has 0 spiro atoms. The SMILES string of the molecule is COC(OC(COC(C)=O)C(C)OC(C)=O)C(CN(N)/C=C(\N)c1cc(F)c(F)c(F)c1)OC=O. The molecule has 0 radical (unpaired) electrons. The number of hydrogen-bond acceptors (Lipinski definition) is 11. The van der Waals surface area contributed by atoms with E-state index in [1.165, 1.54) is 27.9 Å². The largest absolute Gasteiger partial charge is 0.463 e. The molecule has 35 heavy (non-hydrogen) atoms. The van der Waals surface area contributed by atoms with Crippen molar-refractivity contribution in [2.45, 2.75) is 45.4 Å². The molecule has 4 N–H and O–H groups in total. The fourth-order valence-corrected chi connectivity index (χ4v) is 2.79. The minimum Gasteiger partial charge on any atom is -0.463 e. The molecule has 1 aromatic carbocycles. The quantitative estimate of drug-likeness (QED) is 0.0704. The van der Waals surface area contributed by atoms with Gasteiger partial charge < -0.3 is 34.4 Å². The Hall–Kier alpha value is -3.36. The number of methoxy groups -OCH3 is 1. The van der Waals surface area contributed by atoms with Gasteiger partial charge >= 0.3 is 11.9 Å². The van der Waals surface area contributed by atoms with Crippen LogP contribution in [0.4, 0.5) is 13.2 Å². The molecule has 0 aliphatic rings. The first-order valence-corrected chi connectivity index (χ1v) is 10.1. The van der Waals surface area contributed by atoms with E-state index in [-0.39, 0.29) is 30.9 Å². The third-order valence-electron chi connectivity index (χ3n) is 4.41. The van der Waals surface area contributed by atoms with Gasteiger partial charge in [0.25, 0.3) is 6.47 Å². The van der Waals surface area contributed by atoms with E-state index >= 15 is 0 Å². The van der Waals surface area contributed by atoms with Gasteiger partial charge in [-0.2, -0.15) is 0 Å². The molecule has 0 saturated carbocycles. The molecule has 0 fully saturated rings. The highest BCUT2D eigenvalue weighted by Crippen LogP contribution is 2.18. The molecule has 0 aliphatic heterocycles. The zero-order valence-electron chi connectivity index (χ0n) is 19.5. The monoisotopic (exact) mass is 507 g/mol. The first-order chi connectivity index (χ1) is 16.4. The molecule has 14 heteroatoms. The van der Waals surface area contributed by atoms with Crippen LogP contribution >= 0.6 is 0 Å². The van der Waals surface area contributed by atoms with Gasteiger partial charge in [-0.1, -0.05) is 0 Å². The van der Waals surface area contributed by atoms with Gasteiger partial charge in [0.15, 0.2) is 29.8 Å². The van der Waals surface area contributed by atoms with Crippen molar-refractivity contribution in [1.29, 1.82) is 0 Å². The minimum absolute atomic E-state index is 0.0995. The van der Waals surface area contributed by atoms with E-state index in [0.717, 1.165) is 11.2 Å². The summed E-state index contributed by atoms with van der Waals surface area (Å²) < 4.78 is 66.1. The Morgan fingerprint density at radius 3 is 2.20 bits per heavy atom. The number of hydrogen-bond donors (Lipinski definition) is 2. The van der Waals surface area contributed by atoms with Gasteiger partial charge in [-0.05, 0) is 19.1 Å². The van der Waals surface area contributed by atoms with Crippen LogP contribution in [-0.4, -0.2) is 68.3 Å². The van der Waals surface area contributed by atoms with Gasteiger partial charge in [0, 0.05) is 32.7 Å². The molecule has 0 bridgehead atoms. The summed E-state index contributed by atoms with van der Waals surface area (Å²) in [6, 6.07) is 1.35. The molecule has 0 saturated heterocycles. The van der Waals surface area contributed by atoms with E-state index < -0.39 is 54.0 Å². The average Bonchev–Trinajstić information content (AvgIpc) is 2.76. The van der Waals surface area contributed by atoms with E-state index in [1.54, 1.807) is 0 Å². The van der Waals surface area contributed by atoms with Crippen LogP contribution in [0.15, 0.2) is 18.3 Å². The number of rotatable bonds is 14. The molecule has 196 valence electrons. The number of ether oxygens (including phenoxy) is 5. The van der Waals surface area contributed by atoms with Crippen molar-refractivity contribution in [1.82, 2.24) is 5.01 Å². The lowest BCUT2D eigenvalue weighted by Gasteiger charge is -2.32. The Kier molecular flexibility index (Phi) is 12.0. The summed E-state index contributed by atoms with van der Waals surface area (Å²) in [4.78, 5) is 33.6. The van der Waals surface area contributed by atoms with E-state index in [2.05, 4.69) is 0 Å². The number of carbonyl (C=O) groups excluding carboxylic acids is 3. The summed E-state index contributed by atoms with van der Waals surface area (Å²) in [6.07, 6.45) is -3.38. The molecule has 11 nitrogen and oxygen atoms in total. The number of halogens is 3. The van der Waals surface area contributed by atoms with Crippen molar-refractivity contribution in [2.75, 3.05) is 20.3 Å². The Bertz CT molecular complexity index is 895.